The van der Waals surface area contributed by atoms with Gasteiger partial charge in [0.2, 0.25) is 11.6 Å². The Morgan fingerprint density at radius 1 is 1.38 bits per heavy atom. The van der Waals surface area contributed by atoms with Gasteiger partial charge in [0.05, 0.1) is 11.0 Å². The van der Waals surface area contributed by atoms with Gasteiger partial charge >= 0.3 is 5.69 Å². The minimum Gasteiger partial charge on any atom is -0.432 e. The first-order chi connectivity index (χ1) is 10.0. The Kier molecular flexibility index (Phi) is 4.49. The molecular weight excluding hydrogens is 272 g/mol. The molecule has 110 valence electrons. The molecule has 0 aliphatic heterocycles. The number of aliphatic hydroxyl groups excluding tert-OH is 1. The maximum absolute atomic E-state index is 11.1. The lowest BCUT2D eigenvalue weighted by Gasteiger charge is -2.08. The number of aliphatic hydroxyl groups is 1. The highest BCUT2D eigenvalue weighted by Crippen LogP contribution is 2.31. The summed E-state index contributed by atoms with van der Waals surface area (Å²) in [6.07, 6.45) is 1.57. The Balaban J connectivity index is 2.28. The van der Waals surface area contributed by atoms with E-state index >= 15 is 0 Å². The van der Waals surface area contributed by atoms with Crippen molar-refractivity contribution in [1.29, 1.82) is 0 Å². The average Bonchev–Trinajstić information content (AvgIpc) is 2.48. The van der Waals surface area contributed by atoms with Gasteiger partial charge in [-0.3, -0.25) is 10.1 Å². The lowest BCUT2D eigenvalue weighted by atomic mass is 10.1. The van der Waals surface area contributed by atoms with Crippen LogP contribution in [0, 0.1) is 10.1 Å². The van der Waals surface area contributed by atoms with Crippen molar-refractivity contribution in [2.75, 3.05) is 0 Å². The number of rotatable bonds is 5. The second kappa shape index (κ2) is 6.32. The van der Waals surface area contributed by atoms with Crippen molar-refractivity contribution in [3.63, 3.8) is 0 Å². The van der Waals surface area contributed by atoms with E-state index in [1.54, 1.807) is 31.2 Å². The Hall–Kier alpha value is -2.47. The molecule has 0 radical (unpaired) electrons. The number of nitro benzene ring substituents is 1. The number of pyridine rings is 1. The highest BCUT2D eigenvalue weighted by Gasteiger charge is 2.17. The normalized spacial score (nSPS) is 12.0. The fourth-order valence-electron chi connectivity index (χ4n) is 1.82. The zero-order valence-corrected chi connectivity index (χ0v) is 11.8. The smallest absolute Gasteiger partial charge is 0.311 e. The monoisotopic (exact) mass is 288 g/mol. The molecule has 21 heavy (non-hydrogen) atoms. The van der Waals surface area contributed by atoms with Gasteiger partial charge in [-0.25, -0.2) is 4.98 Å². The molecule has 0 fully saturated rings. The predicted molar refractivity (Wildman–Crippen MR) is 77.4 cm³/mol. The van der Waals surface area contributed by atoms with E-state index in [1.165, 1.54) is 12.3 Å². The van der Waals surface area contributed by atoms with Crippen molar-refractivity contribution >= 4 is 5.69 Å². The highest BCUT2D eigenvalue weighted by molar-refractivity contribution is 5.50. The number of ether oxygens (including phenoxy) is 1. The Bertz CT molecular complexity index is 639. The first-order valence-corrected chi connectivity index (χ1v) is 6.60. The van der Waals surface area contributed by atoms with Crippen LogP contribution in [-0.4, -0.2) is 15.0 Å². The third-order valence-corrected chi connectivity index (χ3v) is 3.08. The van der Waals surface area contributed by atoms with Crippen molar-refractivity contribution in [3.8, 4) is 11.6 Å². The third kappa shape index (κ3) is 3.55. The van der Waals surface area contributed by atoms with Gasteiger partial charge in [-0.1, -0.05) is 13.0 Å². The molecule has 1 N–H and O–H groups in total. The molecule has 1 heterocycles. The van der Waals surface area contributed by atoms with Crippen molar-refractivity contribution in [2.24, 2.45) is 0 Å². The number of nitro groups is 1. The first kappa shape index (κ1) is 14.9. The van der Waals surface area contributed by atoms with Gasteiger partial charge in [-0.15, -0.1) is 0 Å². The quantitative estimate of drug-likeness (QED) is 0.673. The zero-order chi connectivity index (χ0) is 15.4. The molecule has 0 saturated carbocycles. The summed E-state index contributed by atoms with van der Waals surface area (Å²) in [7, 11) is 0. The van der Waals surface area contributed by atoms with Crippen molar-refractivity contribution in [3.05, 3.63) is 57.8 Å². The molecule has 0 aliphatic carbocycles. The van der Waals surface area contributed by atoms with Crippen LogP contribution >= 0.6 is 0 Å². The van der Waals surface area contributed by atoms with Crippen molar-refractivity contribution < 1.29 is 14.8 Å². The Morgan fingerprint density at radius 3 is 2.67 bits per heavy atom. The fraction of sp³-hybridized carbons (Fsp3) is 0.267. The van der Waals surface area contributed by atoms with Crippen molar-refractivity contribution in [2.45, 2.75) is 26.4 Å². The van der Waals surface area contributed by atoms with Crippen LogP contribution in [0.1, 0.15) is 31.1 Å². The summed E-state index contributed by atoms with van der Waals surface area (Å²) in [6.45, 7) is 3.56. The van der Waals surface area contributed by atoms with Gasteiger partial charge in [0.1, 0.15) is 0 Å². The maximum Gasteiger partial charge on any atom is 0.311 e. The predicted octanol–water partition coefficient (Wildman–Crippen LogP) is 3.40. The van der Waals surface area contributed by atoms with Crippen molar-refractivity contribution in [1.82, 2.24) is 4.98 Å². The van der Waals surface area contributed by atoms with Gasteiger partial charge in [0.25, 0.3) is 0 Å². The van der Waals surface area contributed by atoms with Gasteiger partial charge in [-0.2, -0.15) is 0 Å². The molecule has 0 unspecified atom stereocenters. The molecule has 0 saturated heterocycles. The molecular formula is C15H16N2O4. The summed E-state index contributed by atoms with van der Waals surface area (Å²) in [5, 5.41) is 20.5. The van der Waals surface area contributed by atoms with Gasteiger partial charge in [-0.05, 0) is 36.6 Å². The van der Waals surface area contributed by atoms with E-state index < -0.39 is 11.0 Å². The first-order valence-electron chi connectivity index (χ1n) is 6.60. The molecule has 1 aromatic heterocycles. The summed E-state index contributed by atoms with van der Waals surface area (Å²) in [4.78, 5) is 14.7. The summed E-state index contributed by atoms with van der Waals surface area (Å²) in [5.74, 6) is 0.390. The zero-order valence-electron chi connectivity index (χ0n) is 11.8. The fourth-order valence-corrected chi connectivity index (χ4v) is 1.82. The molecule has 2 aromatic rings. The standard InChI is InChI=1S/C15H16N2O4/c1-3-11-4-6-14(13(8-11)17(19)20)21-15-7-5-12(9-16-15)10(2)18/h4-10,18H,3H2,1-2H3/t10-/m0/s1. The molecule has 0 bridgehead atoms. The third-order valence-electron chi connectivity index (χ3n) is 3.08. The van der Waals surface area contributed by atoms with E-state index in [0.29, 0.717) is 12.0 Å². The molecule has 1 aromatic carbocycles. The second-order valence-corrected chi connectivity index (χ2v) is 4.62. The molecule has 0 amide bonds. The number of nitrogens with zero attached hydrogens (tertiary/aromatic N) is 2. The van der Waals surface area contributed by atoms with E-state index in [2.05, 4.69) is 4.98 Å². The van der Waals surface area contributed by atoms with Gasteiger partial charge < -0.3 is 9.84 Å². The summed E-state index contributed by atoms with van der Waals surface area (Å²) >= 11 is 0. The SMILES string of the molecule is CCc1ccc(Oc2ccc([C@H](C)O)cn2)c([N+](=O)[O-])c1. The van der Waals surface area contributed by atoms with Crippen LogP contribution in [0.25, 0.3) is 0 Å². The number of hydrogen-bond acceptors (Lipinski definition) is 5. The average molecular weight is 288 g/mol. The van der Waals surface area contributed by atoms with Crippen LogP contribution in [0.4, 0.5) is 5.69 Å². The van der Waals surface area contributed by atoms with Crippen LogP contribution in [0.15, 0.2) is 36.5 Å². The van der Waals surface area contributed by atoms with E-state index in [0.717, 1.165) is 5.56 Å². The van der Waals surface area contributed by atoms with Crippen LogP contribution in [0.5, 0.6) is 11.6 Å². The van der Waals surface area contributed by atoms with Gasteiger partial charge in [0.15, 0.2) is 0 Å². The number of aromatic nitrogens is 1. The van der Waals surface area contributed by atoms with Crippen LogP contribution in [-0.2, 0) is 6.42 Å². The number of benzene rings is 1. The number of aryl methyl sites for hydroxylation is 1. The van der Waals surface area contributed by atoms with Crippen LogP contribution in [0.2, 0.25) is 0 Å². The Labute approximate surface area is 122 Å². The van der Waals surface area contributed by atoms with E-state index in [9.17, 15) is 15.2 Å². The summed E-state index contributed by atoms with van der Waals surface area (Å²) < 4.78 is 5.47. The van der Waals surface area contributed by atoms with Gasteiger partial charge in [0, 0.05) is 18.3 Å². The molecule has 2 rings (SSSR count). The maximum atomic E-state index is 11.1. The second-order valence-electron chi connectivity index (χ2n) is 4.62. The van der Waals surface area contributed by atoms with Crippen LogP contribution < -0.4 is 4.74 Å². The minimum absolute atomic E-state index is 0.0873. The molecule has 0 aliphatic rings. The summed E-state index contributed by atoms with van der Waals surface area (Å²) in [6, 6.07) is 8.09. The lowest BCUT2D eigenvalue weighted by molar-refractivity contribution is -0.385. The number of hydrogen-bond donors (Lipinski definition) is 1. The molecule has 6 nitrogen and oxygen atoms in total. The highest BCUT2D eigenvalue weighted by atomic mass is 16.6. The molecule has 6 heteroatoms. The van der Waals surface area contributed by atoms with Crippen LogP contribution in [0.3, 0.4) is 0 Å². The Morgan fingerprint density at radius 2 is 2.14 bits per heavy atom. The molecule has 0 spiro atoms. The largest absolute Gasteiger partial charge is 0.432 e. The lowest BCUT2D eigenvalue weighted by Crippen LogP contribution is -1.97. The summed E-state index contributed by atoms with van der Waals surface area (Å²) in [5.41, 5.74) is 1.43. The van der Waals surface area contributed by atoms with E-state index in [4.69, 9.17) is 4.74 Å². The molecule has 1 atom stereocenters. The van der Waals surface area contributed by atoms with E-state index in [1.807, 2.05) is 6.92 Å². The van der Waals surface area contributed by atoms with E-state index in [-0.39, 0.29) is 17.3 Å². The topological polar surface area (TPSA) is 85.5 Å². The minimum atomic E-state index is -0.621.